The fraction of sp³-hybridized carbons (Fsp3) is 0.500. The fourth-order valence-electron chi connectivity index (χ4n) is 1.52. The molecule has 0 bridgehead atoms. The summed E-state index contributed by atoms with van der Waals surface area (Å²) in [6, 6.07) is 1.45. The van der Waals surface area contributed by atoms with E-state index < -0.39 is 11.6 Å². The van der Waals surface area contributed by atoms with Gasteiger partial charge in [0.05, 0.1) is 6.54 Å². The summed E-state index contributed by atoms with van der Waals surface area (Å²) in [5.74, 6) is 0. The molecule has 18 heavy (non-hydrogen) atoms. The number of rotatable bonds is 2. The minimum Gasteiger partial charge on any atom is -0.465 e. The van der Waals surface area contributed by atoms with Gasteiger partial charge in [0.1, 0.15) is 0 Å². The molecule has 5 nitrogen and oxygen atoms in total. The van der Waals surface area contributed by atoms with Crippen LogP contribution < -0.4 is 5.56 Å². The van der Waals surface area contributed by atoms with Crippen molar-refractivity contribution in [3.05, 3.63) is 32.7 Å². The molecule has 100 valence electrons. The molecule has 1 rings (SSSR count). The number of hydrogen-bond donors (Lipinski definition) is 1. The maximum absolute atomic E-state index is 11.6. The lowest BCUT2D eigenvalue weighted by Crippen LogP contribution is -2.44. The van der Waals surface area contributed by atoms with Crippen LogP contribution in [0.4, 0.5) is 4.79 Å². The summed E-state index contributed by atoms with van der Waals surface area (Å²) in [5.41, 5.74) is -0.0188. The van der Waals surface area contributed by atoms with Crippen molar-refractivity contribution in [2.45, 2.75) is 32.9 Å². The van der Waals surface area contributed by atoms with E-state index in [2.05, 4.69) is 15.9 Å². The van der Waals surface area contributed by atoms with Gasteiger partial charge in [-0.05, 0) is 42.3 Å². The van der Waals surface area contributed by atoms with Crippen LogP contribution in [0.2, 0.25) is 0 Å². The van der Waals surface area contributed by atoms with E-state index in [0.29, 0.717) is 5.56 Å². The van der Waals surface area contributed by atoms with Gasteiger partial charge < -0.3 is 9.67 Å². The number of amides is 1. The summed E-state index contributed by atoms with van der Waals surface area (Å²) in [6.07, 6.45) is 0.635. The number of aryl methyl sites for hydroxylation is 1. The van der Waals surface area contributed by atoms with E-state index >= 15 is 0 Å². The minimum absolute atomic E-state index is 0.160. The molecule has 0 aromatic carbocycles. The van der Waals surface area contributed by atoms with Crippen LogP contribution in [0.25, 0.3) is 0 Å². The number of aromatic nitrogens is 1. The largest absolute Gasteiger partial charge is 0.465 e. The molecule has 1 aromatic rings. The molecule has 1 N–H and O–H groups in total. The first-order chi connectivity index (χ1) is 8.12. The summed E-state index contributed by atoms with van der Waals surface area (Å²) in [5, 5.41) is 9.21. The van der Waals surface area contributed by atoms with Crippen molar-refractivity contribution in [3.8, 4) is 0 Å². The predicted octanol–water partition coefficient (Wildman–Crippen LogP) is 2.43. The Bertz CT molecular complexity index is 517. The van der Waals surface area contributed by atoms with E-state index in [0.717, 1.165) is 4.47 Å². The normalized spacial score (nSPS) is 11.4. The summed E-state index contributed by atoms with van der Waals surface area (Å²) in [4.78, 5) is 24.1. The van der Waals surface area contributed by atoms with Crippen molar-refractivity contribution in [3.63, 3.8) is 0 Å². The van der Waals surface area contributed by atoms with Crippen molar-refractivity contribution in [2.75, 3.05) is 0 Å². The molecular weight excluding hydrogens is 300 g/mol. The van der Waals surface area contributed by atoms with Crippen molar-refractivity contribution in [1.82, 2.24) is 9.47 Å². The van der Waals surface area contributed by atoms with Gasteiger partial charge in [-0.25, -0.2) is 4.79 Å². The average Bonchev–Trinajstić information content (AvgIpc) is 2.19. The van der Waals surface area contributed by atoms with Crippen LogP contribution in [0.3, 0.4) is 0 Å². The second-order valence-electron chi connectivity index (χ2n) is 5.14. The van der Waals surface area contributed by atoms with Gasteiger partial charge in [-0.3, -0.25) is 9.69 Å². The molecule has 0 fully saturated rings. The van der Waals surface area contributed by atoms with E-state index in [4.69, 9.17) is 0 Å². The maximum Gasteiger partial charge on any atom is 0.408 e. The van der Waals surface area contributed by atoms with E-state index in [9.17, 15) is 14.7 Å². The highest BCUT2D eigenvalue weighted by Gasteiger charge is 2.26. The standard InChI is InChI=1S/C12H17BrN2O3/c1-12(2,3)15(11(17)18)6-8-5-10(16)14(4)7-9(8)13/h5,7H,6H2,1-4H3,(H,17,18). The van der Waals surface area contributed by atoms with Gasteiger partial charge in [-0.1, -0.05) is 0 Å². The molecule has 0 atom stereocenters. The number of nitrogens with zero attached hydrogens (tertiary/aromatic N) is 2. The number of hydrogen-bond acceptors (Lipinski definition) is 2. The number of halogens is 1. The van der Waals surface area contributed by atoms with E-state index in [-0.39, 0.29) is 12.1 Å². The summed E-state index contributed by atoms with van der Waals surface area (Å²) in [6.45, 7) is 5.62. The lowest BCUT2D eigenvalue weighted by molar-refractivity contribution is 0.0954. The van der Waals surface area contributed by atoms with Crippen LogP contribution in [0.15, 0.2) is 21.5 Å². The predicted molar refractivity (Wildman–Crippen MR) is 72.7 cm³/mol. The van der Waals surface area contributed by atoms with Crippen LogP contribution in [-0.2, 0) is 13.6 Å². The van der Waals surface area contributed by atoms with Gasteiger partial charge in [0.15, 0.2) is 0 Å². The highest BCUT2D eigenvalue weighted by atomic mass is 79.9. The zero-order valence-corrected chi connectivity index (χ0v) is 12.5. The third kappa shape index (κ3) is 3.35. The third-order valence-electron chi connectivity index (χ3n) is 2.63. The minimum atomic E-state index is -1.00. The molecule has 0 aliphatic rings. The molecule has 1 amide bonds. The SMILES string of the molecule is Cn1cc(Br)c(CN(C(=O)O)C(C)(C)C)cc1=O. The topological polar surface area (TPSA) is 62.5 Å². The van der Waals surface area contributed by atoms with Crippen LogP contribution >= 0.6 is 15.9 Å². The molecule has 0 aliphatic heterocycles. The van der Waals surface area contributed by atoms with Crippen molar-refractivity contribution < 1.29 is 9.90 Å². The molecule has 0 radical (unpaired) electrons. The maximum atomic E-state index is 11.6. The van der Waals surface area contributed by atoms with Gasteiger partial charge in [0.25, 0.3) is 5.56 Å². The van der Waals surface area contributed by atoms with E-state index in [1.54, 1.807) is 13.2 Å². The van der Waals surface area contributed by atoms with Crippen molar-refractivity contribution >= 4 is 22.0 Å². The van der Waals surface area contributed by atoms with Crippen LogP contribution in [0.1, 0.15) is 26.3 Å². The van der Waals surface area contributed by atoms with Crippen LogP contribution in [0.5, 0.6) is 0 Å². The Labute approximate surface area is 114 Å². The molecule has 0 saturated carbocycles. The first-order valence-corrected chi connectivity index (χ1v) is 6.28. The smallest absolute Gasteiger partial charge is 0.408 e. The lowest BCUT2D eigenvalue weighted by Gasteiger charge is -2.33. The van der Waals surface area contributed by atoms with Crippen molar-refractivity contribution in [1.29, 1.82) is 0 Å². The Morgan fingerprint density at radius 3 is 2.50 bits per heavy atom. The number of pyridine rings is 1. The molecule has 1 aromatic heterocycles. The van der Waals surface area contributed by atoms with Crippen molar-refractivity contribution in [2.24, 2.45) is 7.05 Å². The number of carbonyl (C=O) groups is 1. The van der Waals surface area contributed by atoms with E-state index in [1.807, 2.05) is 20.8 Å². The molecule has 0 saturated heterocycles. The Balaban J connectivity index is 3.13. The Morgan fingerprint density at radius 2 is 2.06 bits per heavy atom. The first kappa shape index (κ1) is 14.8. The average molecular weight is 317 g/mol. The Hall–Kier alpha value is -1.30. The summed E-state index contributed by atoms with van der Waals surface area (Å²) < 4.78 is 2.16. The Morgan fingerprint density at radius 1 is 1.50 bits per heavy atom. The second kappa shape index (κ2) is 5.14. The molecule has 0 aliphatic carbocycles. The van der Waals surface area contributed by atoms with Gasteiger partial charge in [0.2, 0.25) is 0 Å². The fourth-order valence-corrected chi connectivity index (χ4v) is 2.07. The zero-order chi connectivity index (χ0) is 14.1. The summed E-state index contributed by atoms with van der Waals surface area (Å²) in [7, 11) is 1.65. The van der Waals surface area contributed by atoms with Gasteiger partial charge in [-0.2, -0.15) is 0 Å². The zero-order valence-electron chi connectivity index (χ0n) is 10.9. The molecule has 1 heterocycles. The van der Waals surface area contributed by atoms with Crippen LogP contribution in [-0.4, -0.2) is 26.2 Å². The van der Waals surface area contributed by atoms with E-state index in [1.165, 1.54) is 15.5 Å². The third-order valence-corrected chi connectivity index (χ3v) is 3.34. The molecular formula is C12H17BrN2O3. The Kier molecular flexibility index (Phi) is 4.21. The lowest BCUT2D eigenvalue weighted by atomic mass is 10.1. The first-order valence-electron chi connectivity index (χ1n) is 5.48. The highest BCUT2D eigenvalue weighted by molar-refractivity contribution is 9.10. The molecule has 6 heteroatoms. The monoisotopic (exact) mass is 316 g/mol. The van der Waals surface area contributed by atoms with Gasteiger partial charge >= 0.3 is 6.09 Å². The molecule has 0 unspecified atom stereocenters. The van der Waals surface area contributed by atoms with Gasteiger partial charge in [0, 0.05) is 29.3 Å². The second-order valence-corrected chi connectivity index (χ2v) is 5.99. The highest BCUT2D eigenvalue weighted by Crippen LogP contribution is 2.21. The molecule has 0 spiro atoms. The van der Waals surface area contributed by atoms with Gasteiger partial charge in [-0.15, -0.1) is 0 Å². The number of carboxylic acid groups (broad SMARTS) is 1. The summed E-state index contributed by atoms with van der Waals surface area (Å²) >= 11 is 3.35. The quantitative estimate of drug-likeness (QED) is 0.911. The van der Waals surface area contributed by atoms with Crippen LogP contribution in [0, 0.1) is 0 Å².